The first-order valence-electron chi connectivity index (χ1n) is 9.73. The second-order valence-corrected chi connectivity index (χ2v) is 7.15. The maximum atomic E-state index is 12.2. The van der Waals surface area contributed by atoms with E-state index in [1.54, 1.807) is 36.4 Å². The number of hydrogen-bond donors (Lipinski definition) is 2. The minimum Gasteiger partial charge on any atom is -0.490 e. The molecule has 0 heterocycles. The summed E-state index contributed by atoms with van der Waals surface area (Å²) in [5.74, 6) is -0.151. The molecular formula is C22H25BrN2O6. The average molecular weight is 493 g/mol. The minimum absolute atomic E-state index is 0.0405. The van der Waals surface area contributed by atoms with Gasteiger partial charge in [0.15, 0.2) is 18.1 Å². The molecule has 8 nitrogen and oxygen atoms in total. The summed E-state index contributed by atoms with van der Waals surface area (Å²) in [5.41, 5.74) is 1.62. The van der Waals surface area contributed by atoms with Gasteiger partial charge < -0.3 is 24.8 Å². The van der Waals surface area contributed by atoms with E-state index >= 15 is 0 Å². The van der Waals surface area contributed by atoms with Gasteiger partial charge in [-0.3, -0.25) is 14.4 Å². The molecule has 9 heteroatoms. The molecule has 0 aromatic heterocycles. The normalized spacial score (nSPS) is 10.2. The van der Waals surface area contributed by atoms with Gasteiger partial charge in [0.25, 0.3) is 11.8 Å². The zero-order valence-corrected chi connectivity index (χ0v) is 19.2. The molecule has 0 aliphatic heterocycles. The molecule has 2 N–H and O–H groups in total. The summed E-state index contributed by atoms with van der Waals surface area (Å²) in [7, 11) is 1.54. The van der Waals surface area contributed by atoms with Crippen LogP contribution in [0.5, 0.6) is 11.5 Å². The summed E-state index contributed by atoms with van der Waals surface area (Å²) in [4.78, 5) is 35.8. The fourth-order valence-electron chi connectivity index (χ4n) is 2.65. The minimum atomic E-state index is -0.558. The van der Waals surface area contributed by atoms with E-state index in [-0.39, 0.29) is 12.3 Å². The van der Waals surface area contributed by atoms with Crippen molar-refractivity contribution in [2.45, 2.75) is 20.3 Å². The van der Waals surface area contributed by atoms with Crippen LogP contribution in [0.4, 0.5) is 5.69 Å². The Hall–Kier alpha value is -3.07. The summed E-state index contributed by atoms with van der Waals surface area (Å²) in [6.07, 6.45) is -0.0405. The summed E-state index contributed by atoms with van der Waals surface area (Å²) in [6.45, 7) is 4.24. The molecular weight excluding hydrogens is 468 g/mol. The van der Waals surface area contributed by atoms with E-state index in [9.17, 15) is 14.4 Å². The fourth-order valence-corrected chi connectivity index (χ4v) is 3.11. The van der Waals surface area contributed by atoms with Gasteiger partial charge in [-0.25, -0.2) is 0 Å². The number of amides is 2. The smallest absolute Gasteiger partial charge is 0.310 e. The van der Waals surface area contributed by atoms with Gasteiger partial charge >= 0.3 is 5.97 Å². The Bertz CT molecular complexity index is 930. The van der Waals surface area contributed by atoms with Gasteiger partial charge in [0.1, 0.15) is 0 Å². The number of esters is 1. The maximum absolute atomic E-state index is 12.2. The summed E-state index contributed by atoms with van der Waals surface area (Å²) >= 11 is 3.43. The lowest BCUT2D eigenvalue weighted by atomic mass is 10.1. The zero-order valence-electron chi connectivity index (χ0n) is 17.6. The first kappa shape index (κ1) is 24.2. The topological polar surface area (TPSA) is 103 Å². The van der Waals surface area contributed by atoms with Crippen LogP contribution in [0.15, 0.2) is 40.9 Å². The SMILES string of the molecule is CCOc1cc(Br)c(CC(=O)OCC(=O)Nc2ccc(C(=O)NC)cc2)cc1OCC. The van der Waals surface area contributed by atoms with Crippen molar-refractivity contribution in [1.29, 1.82) is 0 Å². The first-order chi connectivity index (χ1) is 14.9. The largest absolute Gasteiger partial charge is 0.490 e. The number of carbonyl (C=O) groups is 3. The third-order valence-corrected chi connectivity index (χ3v) is 4.81. The number of halogens is 1. The molecule has 0 saturated carbocycles. The van der Waals surface area contributed by atoms with E-state index in [2.05, 4.69) is 26.6 Å². The summed E-state index contributed by atoms with van der Waals surface area (Å²) in [6, 6.07) is 9.81. The van der Waals surface area contributed by atoms with E-state index < -0.39 is 18.5 Å². The second-order valence-electron chi connectivity index (χ2n) is 6.30. The predicted molar refractivity (Wildman–Crippen MR) is 120 cm³/mol. The van der Waals surface area contributed by atoms with Gasteiger partial charge in [-0.1, -0.05) is 15.9 Å². The van der Waals surface area contributed by atoms with Gasteiger partial charge in [0.05, 0.1) is 19.6 Å². The quantitative estimate of drug-likeness (QED) is 0.493. The lowest BCUT2D eigenvalue weighted by Gasteiger charge is -2.14. The van der Waals surface area contributed by atoms with Crippen LogP contribution in [0.1, 0.15) is 29.8 Å². The zero-order chi connectivity index (χ0) is 22.8. The Labute approximate surface area is 189 Å². The van der Waals surface area contributed by atoms with Gasteiger partial charge in [-0.15, -0.1) is 0 Å². The van der Waals surface area contributed by atoms with Gasteiger partial charge in [0, 0.05) is 22.8 Å². The highest BCUT2D eigenvalue weighted by Crippen LogP contribution is 2.34. The Balaban J connectivity index is 1.91. The van der Waals surface area contributed by atoms with E-state index in [0.29, 0.717) is 46.0 Å². The number of carbonyl (C=O) groups excluding carboxylic acids is 3. The predicted octanol–water partition coefficient (Wildman–Crippen LogP) is 3.33. The molecule has 0 atom stereocenters. The number of rotatable bonds is 10. The number of ether oxygens (including phenoxy) is 3. The molecule has 0 aliphatic carbocycles. The Morgan fingerprint density at radius 2 is 1.58 bits per heavy atom. The Kier molecular flexibility index (Phi) is 9.33. The summed E-state index contributed by atoms with van der Waals surface area (Å²) < 4.78 is 16.9. The van der Waals surface area contributed by atoms with Crippen molar-refractivity contribution in [2.75, 3.05) is 32.2 Å². The number of nitrogens with one attached hydrogen (secondary N) is 2. The molecule has 0 fully saturated rings. The van der Waals surface area contributed by atoms with Crippen molar-refractivity contribution in [3.63, 3.8) is 0 Å². The van der Waals surface area contributed by atoms with Crippen LogP contribution in [0.25, 0.3) is 0 Å². The fraction of sp³-hybridized carbons (Fsp3) is 0.318. The Morgan fingerprint density at radius 1 is 0.968 bits per heavy atom. The highest BCUT2D eigenvalue weighted by Gasteiger charge is 2.15. The van der Waals surface area contributed by atoms with Crippen molar-refractivity contribution < 1.29 is 28.6 Å². The molecule has 166 valence electrons. The third kappa shape index (κ3) is 7.29. The van der Waals surface area contributed by atoms with Crippen LogP contribution in [0, 0.1) is 0 Å². The lowest BCUT2D eigenvalue weighted by Crippen LogP contribution is -2.22. The summed E-state index contributed by atoms with van der Waals surface area (Å²) in [5, 5.41) is 5.13. The highest BCUT2D eigenvalue weighted by atomic mass is 79.9. The standard InChI is InChI=1S/C22H25BrN2O6/c1-4-29-18-10-15(17(23)12-19(18)30-5-2)11-21(27)31-13-20(26)25-16-8-6-14(7-9-16)22(28)24-3/h6-10,12H,4-5,11,13H2,1-3H3,(H,24,28)(H,25,26). The maximum Gasteiger partial charge on any atom is 0.310 e. The van der Waals surface area contributed by atoms with Crippen molar-refractivity contribution in [1.82, 2.24) is 5.32 Å². The van der Waals surface area contributed by atoms with E-state index in [0.717, 1.165) is 0 Å². The van der Waals surface area contributed by atoms with Crippen LogP contribution in [0.3, 0.4) is 0 Å². The highest BCUT2D eigenvalue weighted by molar-refractivity contribution is 9.10. The van der Waals surface area contributed by atoms with Gasteiger partial charge in [-0.2, -0.15) is 0 Å². The molecule has 2 aromatic carbocycles. The van der Waals surface area contributed by atoms with Crippen LogP contribution in [-0.2, 0) is 20.7 Å². The van der Waals surface area contributed by atoms with Crippen LogP contribution in [-0.4, -0.2) is 44.7 Å². The molecule has 2 rings (SSSR count). The molecule has 2 amide bonds. The average Bonchev–Trinajstić information content (AvgIpc) is 2.75. The van der Waals surface area contributed by atoms with E-state index in [4.69, 9.17) is 14.2 Å². The molecule has 31 heavy (non-hydrogen) atoms. The third-order valence-electron chi connectivity index (χ3n) is 4.07. The van der Waals surface area contributed by atoms with Crippen LogP contribution >= 0.6 is 15.9 Å². The molecule has 0 radical (unpaired) electrons. The lowest BCUT2D eigenvalue weighted by molar-refractivity contribution is -0.146. The van der Waals surface area contributed by atoms with Gasteiger partial charge in [0.2, 0.25) is 0 Å². The van der Waals surface area contributed by atoms with E-state index in [1.165, 1.54) is 7.05 Å². The van der Waals surface area contributed by atoms with Crippen molar-refractivity contribution >= 4 is 39.4 Å². The van der Waals surface area contributed by atoms with E-state index in [1.807, 2.05) is 13.8 Å². The Morgan fingerprint density at radius 3 is 2.16 bits per heavy atom. The monoisotopic (exact) mass is 492 g/mol. The molecule has 0 aliphatic rings. The molecule has 0 unspecified atom stereocenters. The van der Waals surface area contributed by atoms with Crippen molar-refractivity contribution in [3.05, 3.63) is 52.0 Å². The van der Waals surface area contributed by atoms with Crippen LogP contribution in [0.2, 0.25) is 0 Å². The second kappa shape index (κ2) is 11.9. The number of anilines is 1. The van der Waals surface area contributed by atoms with Crippen molar-refractivity contribution in [2.24, 2.45) is 0 Å². The van der Waals surface area contributed by atoms with Crippen molar-refractivity contribution in [3.8, 4) is 11.5 Å². The van der Waals surface area contributed by atoms with Gasteiger partial charge in [-0.05, 0) is 55.8 Å². The molecule has 0 saturated heterocycles. The molecule has 0 bridgehead atoms. The van der Waals surface area contributed by atoms with Crippen LogP contribution < -0.4 is 20.1 Å². The molecule has 0 spiro atoms. The first-order valence-corrected chi connectivity index (χ1v) is 10.5. The molecule has 2 aromatic rings. The number of benzene rings is 2. The number of hydrogen-bond acceptors (Lipinski definition) is 6.